The van der Waals surface area contributed by atoms with Gasteiger partial charge in [0.25, 0.3) is 5.69 Å². The van der Waals surface area contributed by atoms with Crippen molar-refractivity contribution in [2.24, 2.45) is 5.41 Å². The summed E-state index contributed by atoms with van der Waals surface area (Å²) in [7, 11) is 0. The molecule has 1 aliphatic carbocycles. The van der Waals surface area contributed by atoms with Gasteiger partial charge in [-0.3, -0.25) is 14.9 Å². The van der Waals surface area contributed by atoms with Gasteiger partial charge in [0.1, 0.15) is 11.5 Å². The molecule has 0 atom stereocenters. The highest BCUT2D eigenvalue weighted by Gasteiger charge is 2.44. The monoisotopic (exact) mass is 302 g/mol. The zero-order valence-corrected chi connectivity index (χ0v) is 11.1. The predicted molar refractivity (Wildman–Crippen MR) is 70.5 cm³/mol. The van der Waals surface area contributed by atoms with Crippen molar-refractivity contribution in [2.75, 3.05) is 11.9 Å². The molecule has 1 aromatic rings. The van der Waals surface area contributed by atoms with Gasteiger partial charge in [0.2, 0.25) is 0 Å². The summed E-state index contributed by atoms with van der Waals surface area (Å²) in [6.45, 7) is 0.0468. The van der Waals surface area contributed by atoms with Gasteiger partial charge in [-0.1, -0.05) is 18.0 Å². The summed E-state index contributed by atoms with van der Waals surface area (Å²) >= 11 is 5.60. The van der Waals surface area contributed by atoms with Crippen LogP contribution in [0.25, 0.3) is 0 Å². The van der Waals surface area contributed by atoms with E-state index in [1.54, 1.807) is 0 Å². The molecule has 8 heteroatoms. The molecule has 0 amide bonds. The lowest BCUT2D eigenvalue weighted by atomic mass is 9.69. The molecule has 2 N–H and O–H groups in total. The number of halogens is 2. The van der Waals surface area contributed by atoms with E-state index in [4.69, 9.17) is 11.6 Å². The molecule has 2 rings (SSSR count). The first-order valence-corrected chi connectivity index (χ1v) is 6.34. The van der Waals surface area contributed by atoms with Crippen molar-refractivity contribution >= 4 is 28.9 Å². The molecule has 0 saturated heterocycles. The molecule has 0 spiro atoms. The van der Waals surface area contributed by atoms with Crippen LogP contribution in [0, 0.1) is 21.3 Å². The molecule has 1 saturated carbocycles. The Bertz CT molecular complexity index is 575. The van der Waals surface area contributed by atoms with Crippen LogP contribution >= 0.6 is 11.6 Å². The third kappa shape index (κ3) is 2.53. The van der Waals surface area contributed by atoms with Crippen molar-refractivity contribution in [3.8, 4) is 0 Å². The van der Waals surface area contributed by atoms with Crippen molar-refractivity contribution in [2.45, 2.75) is 19.3 Å². The second-order valence-corrected chi connectivity index (χ2v) is 5.24. The molecule has 0 aromatic heterocycles. The van der Waals surface area contributed by atoms with E-state index in [0.29, 0.717) is 12.8 Å². The predicted octanol–water partition coefficient (Wildman–Crippen LogP) is 3.05. The van der Waals surface area contributed by atoms with Crippen molar-refractivity contribution in [3.63, 3.8) is 0 Å². The number of nitrogens with zero attached hydrogens (tertiary/aromatic N) is 1. The largest absolute Gasteiger partial charge is 0.481 e. The molecule has 1 aromatic carbocycles. The summed E-state index contributed by atoms with van der Waals surface area (Å²) in [5.41, 5.74) is -1.35. The fraction of sp³-hybridized carbons (Fsp3) is 0.417. The van der Waals surface area contributed by atoms with E-state index in [0.717, 1.165) is 18.6 Å². The molecule has 0 heterocycles. The second-order valence-electron chi connectivity index (χ2n) is 4.83. The third-order valence-electron chi connectivity index (χ3n) is 3.62. The lowest BCUT2D eigenvalue weighted by Gasteiger charge is -2.37. The van der Waals surface area contributed by atoms with Gasteiger partial charge >= 0.3 is 5.97 Å². The minimum Gasteiger partial charge on any atom is -0.481 e. The fourth-order valence-electron chi connectivity index (χ4n) is 2.16. The van der Waals surface area contributed by atoms with Gasteiger partial charge in [-0.15, -0.1) is 0 Å². The van der Waals surface area contributed by atoms with Crippen molar-refractivity contribution in [1.29, 1.82) is 0 Å². The van der Waals surface area contributed by atoms with E-state index in [1.165, 1.54) is 0 Å². The number of hydrogen-bond donors (Lipinski definition) is 2. The normalized spacial score (nSPS) is 16.3. The van der Waals surface area contributed by atoms with Gasteiger partial charge in [-0.2, -0.15) is 0 Å². The Morgan fingerprint density at radius 2 is 2.20 bits per heavy atom. The first-order chi connectivity index (χ1) is 9.35. The summed E-state index contributed by atoms with van der Waals surface area (Å²) in [6.07, 6.45) is 1.83. The van der Waals surface area contributed by atoms with Gasteiger partial charge in [0.15, 0.2) is 0 Å². The van der Waals surface area contributed by atoms with Crippen molar-refractivity contribution in [1.82, 2.24) is 0 Å². The van der Waals surface area contributed by atoms with E-state index in [2.05, 4.69) is 5.32 Å². The smallest absolute Gasteiger partial charge is 0.311 e. The number of benzene rings is 1. The lowest BCUT2D eigenvalue weighted by Crippen LogP contribution is -2.43. The summed E-state index contributed by atoms with van der Waals surface area (Å²) in [5, 5.41) is 22.5. The zero-order valence-electron chi connectivity index (χ0n) is 10.4. The maximum Gasteiger partial charge on any atom is 0.311 e. The molecular weight excluding hydrogens is 291 g/mol. The number of carboxylic acids is 1. The zero-order chi connectivity index (χ0) is 14.9. The number of aliphatic carboxylic acids is 1. The number of nitro benzene ring substituents is 1. The summed E-state index contributed by atoms with van der Waals surface area (Å²) in [6, 6.07) is 1.82. The molecule has 0 aliphatic heterocycles. The fourth-order valence-corrected chi connectivity index (χ4v) is 2.33. The molecule has 20 heavy (non-hydrogen) atoms. The van der Waals surface area contributed by atoms with E-state index >= 15 is 0 Å². The van der Waals surface area contributed by atoms with Crippen LogP contribution in [0.2, 0.25) is 5.02 Å². The Hall–Kier alpha value is -1.89. The quantitative estimate of drug-likeness (QED) is 0.644. The molecule has 6 nitrogen and oxygen atoms in total. The summed E-state index contributed by atoms with van der Waals surface area (Å²) in [4.78, 5) is 21.3. The second kappa shape index (κ2) is 5.24. The van der Waals surface area contributed by atoms with Gasteiger partial charge < -0.3 is 10.4 Å². The number of rotatable bonds is 5. The maximum atomic E-state index is 13.2. The van der Waals surface area contributed by atoms with E-state index < -0.39 is 27.8 Å². The molecule has 0 bridgehead atoms. The Balaban J connectivity index is 2.23. The SMILES string of the molecule is O=C(O)C1(CNc2cc(Cl)c(F)cc2[N+](=O)[O-])CCC1. The first-order valence-electron chi connectivity index (χ1n) is 5.96. The molecular formula is C12H12ClFN2O4. The number of nitro groups is 1. The minimum absolute atomic E-state index is 0.0222. The van der Waals surface area contributed by atoms with Gasteiger partial charge in [-0.05, 0) is 18.9 Å². The molecule has 0 unspecified atom stereocenters. The standard InChI is InChI=1S/C12H12ClFN2O4/c13-7-4-9(10(16(19)20)5-8(7)14)15-6-12(11(17)18)2-1-3-12/h4-5,15H,1-3,6H2,(H,17,18). The number of anilines is 1. The van der Waals surface area contributed by atoms with Crippen LogP contribution in [0.5, 0.6) is 0 Å². The van der Waals surface area contributed by atoms with Crippen LogP contribution in [0.1, 0.15) is 19.3 Å². The van der Waals surface area contributed by atoms with Crippen LogP contribution in [-0.2, 0) is 4.79 Å². The van der Waals surface area contributed by atoms with Crippen LogP contribution in [0.3, 0.4) is 0 Å². The number of carboxylic acid groups (broad SMARTS) is 1. The highest BCUT2D eigenvalue weighted by atomic mass is 35.5. The van der Waals surface area contributed by atoms with Crippen molar-refractivity contribution < 1.29 is 19.2 Å². The number of nitrogens with one attached hydrogen (secondary N) is 1. The van der Waals surface area contributed by atoms with Crippen LogP contribution < -0.4 is 5.32 Å². The third-order valence-corrected chi connectivity index (χ3v) is 3.91. The molecule has 0 radical (unpaired) electrons. The average molecular weight is 303 g/mol. The molecule has 108 valence electrons. The average Bonchev–Trinajstić information content (AvgIpc) is 2.30. The molecule has 1 fully saturated rings. The number of hydrogen-bond acceptors (Lipinski definition) is 4. The Morgan fingerprint density at radius 3 is 2.65 bits per heavy atom. The highest BCUT2D eigenvalue weighted by Crippen LogP contribution is 2.42. The highest BCUT2D eigenvalue weighted by molar-refractivity contribution is 6.31. The maximum absolute atomic E-state index is 13.2. The van der Waals surface area contributed by atoms with Gasteiger partial charge in [-0.25, -0.2) is 4.39 Å². The lowest BCUT2D eigenvalue weighted by molar-refractivity contribution is -0.384. The minimum atomic E-state index is -0.938. The topological polar surface area (TPSA) is 92.5 Å². The van der Waals surface area contributed by atoms with E-state index in [-0.39, 0.29) is 17.3 Å². The van der Waals surface area contributed by atoms with Crippen LogP contribution in [0.15, 0.2) is 12.1 Å². The Kier molecular flexibility index (Phi) is 3.80. The first kappa shape index (κ1) is 14.5. The van der Waals surface area contributed by atoms with E-state index in [9.17, 15) is 24.4 Å². The molecule has 1 aliphatic rings. The van der Waals surface area contributed by atoms with Crippen LogP contribution in [0.4, 0.5) is 15.8 Å². The number of carbonyl (C=O) groups is 1. The Morgan fingerprint density at radius 1 is 1.55 bits per heavy atom. The summed E-state index contributed by atoms with van der Waals surface area (Å²) in [5.74, 6) is -1.83. The van der Waals surface area contributed by atoms with Gasteiger partial charge in [0.05, 0.1) is 21.4 Å². The van der Waals surface area contributed by atoms with E-state index in [1.807, 2.05) is 0 Å². The summed E-state index contributed by atoms with van der Waals surface area (Å²) < 4.78 is 13.2. The van der Waals surface area contributed by atoms with Crippen molar-refractivity contribution in [3.05, 3.63) is 33.1 Å². The van der Waals surface area contributed by atoms with Gasteiger partial charge in [0, 0.05) is 6.54 Å². The Labute approximate surface area is 118 Å². The van der Waals surface area contributed by atoms with Crippen LogP contribution in [-0.4, -0.2) is 22.5 Å².